The number of nitrogens with zero attached hydrogens (tertiary/aromatic N) is 2. The summed E-state index contributed by atoms with van der Waals surface area (Å²) in [5.74, 6) is 0. The van der Waals surface area contributed by atoms with Crippen LogP contribution in [0, 0.1) is 22.7 Å². The molecule has 0 atom stereocenters. The fourth-order valence-corrected chi connectivity index (χ4v) is 0.306. The van der Waals surface area contributed by atoms with Crippen molar-refractivity contribution in [1.82, 2.24) is 0 Å². The van der Waals surface area contributed by atoms with Gasteiger partial charge in [0.05, 0.1) is 0 Å². The molecule has 0 aliphatic heterocycles. The first-order chi connectivity index (χ1) is 4.68. The minimum atomic E-state index is -2.67. The Hall–Kier alpha value is -1.42. The third kappa shape index (κ3) is 2.23. The second-order valence-corrected chi connectivity index (χ2v) is 1.49. The summed E-state index contributed by atoms with van der Waals surface area (Å²) in [6.07, 6.45) is 1.37. The lowest BCUT2D eigenvalue weighted by Gasteiger charge is -1.97. The Morgan fingerprint density at radius 2 is 1.90 bits per heavy atom. The summed E-state index contributed by atoms with van der Waals surface area (Å²) in [5.41, 5.74) is -2.67. The minimum absolute atomic E-state index is 0.590. The van der Waals surface area contributed by atoms with Gasteiger partial charge in [0.15, 0.2) is 0 Å². The van der Waals surface area contributed by atoms with Gasteiger partial charge in [-0.2, -0.15) is 10.5 Å². The van der Waals surface area contributed by atoms with Gasteiger partial charge in [-0.3, -0.25) is 0 Å². The first-order valence-corrected chi connectivity index (χ1v) is 2.43. The Balaban J connectivity index is 4.28. The molecule has 0 unspecified atom stereocenters. The molecule has 0 saturated carbocycles. The molecule has 0 aromatic heterocycles. The summed E-state index contributed by atoms with van der Waals surface area (Å²) in [5, 5.41) is 16.0. The van der Waals surface area contributed by atoms with Crippen molar-refractivity contribution < 1.29 is 8.78 Å². The van der Waals surface area contributed by atoms with Crippen LogP contribution in [0.25, 0.3) is 0 Å². The van der Waals surface area contributed by atoms with Gasteiger partial charge in [-0.15, -0.1) is 0 Å². The molecule has 0 aromatic carbocycles. The third-order valence-corrected chi connectivity index (χ3v) is 0.762. The van der Waals surface area contributed by atoms with Crippen molar-refractivity contribution >= 4 is 0 Å². The van der Waals surface area contributed by atoms with Gasteiger partial charge in [0.2, 0.25) is 0 Å². The molecule has 0 bridgehead atoms. The number of nitriles is 2. The van der Waals surface area contributed by atoms with Gasteiger partial charge in [0, 0.05) is 0 Å². The molecule has 0 saturated heterocycles. The molecule has 0 aliphatic carbocycles. The maximum absolute atomic E-state index is 12.5. The van der Waals surface area contributed by atoms with Crippen molar-refractivity contribution in [2.45, 2.75) is 5.67 Å². The van der Waals surface area contributed by atoms with Crippen LogP contribution in [0.3, 0.4) is 0 Å². The fourth-order valence-electron chi connectivity index (χ4n) is 0.306. The predicted octanol–water partition coefficient (Wildman–Crippen LogP) is 1.27. The number of hydrogen-bond donors (Lipinski definition) is 0. The number of hydrogen-bond acceptors (Lipinski definition) is 2. The zero-order valence-electron chi connectivity index (χ0n) is 5.01. The molecule has 0 rings (SSSR count). The van der Waals surface area contributed by atoms with Crippen LogP contribution >= 0.6 is 0 Å². The van der Waals surface area contributed by atoms with E-state index in [0.29, 0.717) is 6.08 Å². The quantitative estimate of drug-likeness (QED) is 0.545. The molecule has 0 aliphatic rings. The number of alkyl halides is 2. The number of halogens is 2. The monoisotopic (exact) mass is 142 g/mol. The average molecular weight is 142 g/mol. The van der Waals surface area contributed by atoms with E-state index in [9.17, 15) is 8.78 Å². The van der Waals surface area contributed by atoms with Crippen LogP contribution in [-0.4, -0.2) is 12.3 Å². The average Bonchev–Trinajstić information content (AvgIpc) is 2.00. The summed E-state index contributed by atoms with van der Waals surface area (Å²) in [7, 11) is 0. The van der Waals surface area contributed by atoms with E-state index in [-0.39, 0.29) is 0 Å². The molecule has 0 heterocycles. The molecule has 0 radical (unpaired) electrons. The Bertz CT molecular complexity index is 195. The van der Waals surface area contributed by atoms with Crippen molar-refractivity contribution in [2.24, 2.45) is 0 Å². The third-order valence-electron chi connectivity index (χ3n) is 0.762. The van der Waals surface area contributed by atoms with Crippen LogP contribution in [-0.2, 0) is 0 Å². The van der Waals surface area contributed by atoms with Gasteiger partial charge >= 0.3 is 0 Å². The molecule has 0 N–H and O–H groups in total. The van der Waals surface area contributed by atoms with Gasteiger partial charge in [-0.1, -0.05) is 6.08 Å². The molecule has 0 aromatic rings. The van der Waals surface area contributed by atoms with Crippen LogP contribution in [0.1, 0.15) is 0 Å². The molecular weight excluding hydrogens is 138 g/mol. The minimum Gasteiger partial charge on any atom is -0.247 e. The Morgan fingerprint density at radius 1 is 1.40 bits per heavy atom. The topological polar surface area (TPSA) is 47.6 Å². The van der Waals surface area contributed by atoms with E-state index < -0.39 is 12.3 Å². The van der Waals surface area contributed by atoms with E-state index in [1.54, 1.807) is 0 Å². The van der Waals surface area contributed by atoms with Gasteiger partial charge in [-0.05, 0) is 6.08 Å². The van der Waals surface area contributed by atoms with Crippen LogP contribution < -0.4 is 0 Å². The van der Waals surface area contributed by atoms with E-state index in [2.05, 4.69) is 0 Å². The number of rotatable bonds is 2. The lowest BCUT2D eigenvalue weighted by atomic mass is 10.1. The first-order valence-electron chi connectivity index (χ1n) is 2.43. The highest BCUT2D eigenvalue weighted by Crippen LogP contribution is 2.09. The second-order valence-electron chi connectivity index (χ2n) is 1.49. The van der Waals surface area contributed by atoms with Crippen molar-refractivity contribution in [3.8, 4) is 12.1 Å². The van der Waals surface area contributed by atoms with E-state index >= 15 is 0 Å². The molecule has 0 amide bonds. The largest absolute Gasteiger partial charge is 0.298 e. The highest BCUT2D eigenvalue weighted by molar-refractivity contribution is 5.27. The van der Waals surface area contributed by atoms with Crippen molar-refractivity contribution in [3.63, 3.8) is 0 Å². The molecule has 52 valence electrons. The Morgan fingerprint density at radius 3 is 2.20 bits per heavy atom. The van der Waals surface area contributed by atoms with Crippen LogP contribution in [0.2, 0.25) is 0 Å². The Kier molecular flexibility index (Phi) is 3.07. The van der Waals surface area contributed by atoms with Gasteiger partial charge < -0.3 is 0 Å². The Labute approximate surface area is 57.0 Å². The first kappa shape index (κ1) is 8.58. The highest BCUT2D eigenvalue weighted by Gasteiger charge is 2.24. The summed E-state index contributed by atoms with van der Waals surface area (Å²) >= 11 is 0. The second kappa shape index (κ2) is 3.58. The lowest BCUT2D eigenvalue weighted by molar-refractivity contribution is 0.386. The van der Waals surface area contributed by atoms with Crippen LogP contribution in [0.4, 0.5) is 8.78 Å². The zero-order valence-corrected chi connectivity index (χ0v) is 5.01. The van der Waals surface area contributed by atoms with Gasteiger partial charge in [0.1, 0.15) is 18.8 Å². The summed E-state index contributed by atoms with van der Waals surface area (Å²) in [6.45, 7) is -0.880. The van der Waals surface area contributed by atoms with Gasteiger partial charge in [-0.25, -0.2) is 8.78 Å². The van der Waals surface area contributed by atoms with Crippen molar-refractivity contribution in [2.75, 3.05) is 6.67 Å². The molecule has 0 spiro atoms. The van der Waals surface area contributed by atoms with Crippen molar-refractivity contribution in [1.29, 1.82) is 10.5 Å². The van der Waals surface area contributed by atoms with Crippen LogP contribution in [0.5, 0.6) is 0 Å². The molecule has 2 nitrogen and oxygen atoms in total. The SMILES string of the molecule is N#CC(F)(C#N)C=CCF. The smallest absolute Gasteiger partial charge is 0.247 e. The molecule has 10 heavy (non-hydrogen) atoms. The van der Waals surface area contributed by atoms with E-state index in [1.807, 2.05) is 0 Å². The molecule has 0 fully saturated rings. The lowest BCUT2D eigenvalue weighted by Crippen LogP contribution is -2.12. The van der Waals surface area contributed by atoms with E-state index in [4.69, 9.17) is 10.5 Å². The maximum Gasteiger partial charge on any atom is 0.298 e. The normalized spacial score (nSPS) is 10.8. The van der Waals surface area contributed by atoms with E-state index in [1.165, 1.54) is 0 Å². The van der Waals surface area contributed by atoms with Gasteiger partial charge in [0.25, 0.3) is 5.67 Å². The van der Waals surface area contributed by atoms with E-state index in [0.717, 1.165) is 18.2 Å². The number of allylic oxidation sites excluding steroid dienone is 2. The molecular formula is C6H4F2N2. The fraction of sp³-hybridized carbons (Fsp3) is 0.333. The standard InChI is InChI=1S/C6H4F2N2/c7-3-1-2-6(8,4-9)5-10/h1-2H,3H2. The summed E-state index contributed by atoms with van der Waals surface area (Å²) in [4.78, 5) is 0. The van der Waals surface area contributed by atoms with Crippen LogP contribution in [0.15, 0.2) is 12.2 Å². The molecule has 4 heteroatoms. The van der Waals surface area contributed by atoms with Crippen molar-refractivity contribution in [3.05, 3.63) is 12.2 Å². The predicted molar refractivity (Wildman–Crippen MR) is 30.2 cm³/mol. The summed E-state index contributed by atoms with van der Waals surface area (Å²) < 4.78 is 23.8. The highest BCUT2D eigenvalue weighted by atomic mass is 19.1. The summed E-state index contributed by atoms with van der Waals surface area (Å²) in [6, 6.07) is 2.16. The maximum atomic E-state index is 12.5. The zero-order chi connectivity index (χ0) is 8.04.